The van der Waals surface area contributed by atoms with Crippen LogP contribution in [0, 0.1) is 5.92 Å². The fraction of sp³-hybridized carbons (Fsp3) is 0.300. The molecule has 25 heavy (non-hydrogen) atoms. The molecule has 2 aromatic rings. The molecule has 0 aliphatic carbocycles. The van der Waals surface area contributed by atoms with Crippen LogP contribution in [-0.2, 0) is 16.1 Å². The standard InChI is InChI=1S/C20H21NO4/c1-25-13-14-6-5-9-16(10-14)19(22)21-11-17(18(12-21)20(23)24)15-7-3-2-4-8-15/h2-10,17-18H,11-13H2,1H3,(H,23,24)/t17-,18-/m0/s1. The Morgan fingerprint density at radius 1 is 1.12 bits per heavy atom. The number of ether oxygens (including phenoxy) is 1. The van der Waals surface area contributed by atoms with Crippen molar-refractivity contribution < 1.29 is 19.4 Å². The first kappa shape index (κ1) is 17.2. The van der Waals surface area contributed by atoms with Crippen molar-refractivity contribution in [3.05, 3.63) is 71.3 Å². The highest BCUT2D eigenvalue weighted by Crippen LogP contribution is 2.33. The lowest BCUT2D eigenvalue weighted by Crippen LogP contribution is -2.30. The third kappa shape index (κ3) is 3.72. The lowest BCUT2D eigenvalue weighted by Gasteiger charge is -2.17. The third-order valence-corrected chi connectivity index (χ3v) is 4.64. The maximum atomic E-state index is 12.8. The van der Waals surface area contributed by atoms with E-state index in [1.807, 2.05) is 42.5 Å². The van der Waals surface area contributed by atoms with Crippen molar-refractivity contribution in [2.24, 2.45) is 5.92 Å². The van der Waals surface area contributed by atoms with Crippen molar-refractivity contribution in [2.75, 3.05) is 20.2 Å². The number of nitrogens with zero attached hydrogens (tertiary/aromatic N) is 1. The molecule has 2 atom stereocenters. The Kier molecular flexibility index (Phi) is 5.14. The predicted molar refractivity (Wildman–Crippen MR) is 93.4 cm³/mol. The Bertz CT molecular complexity index is 759. The summed E-state index contributed by atoms with van der Waals surface area (Å²) in [7, 11) is 1.61. The average Bonchev–Trinajstić information content (AvgIpc) is 3.08. The molecule has 0 unspecified atom stereocenters. The van der Waals surface area contributed by atoms with Crippen LogP contribution in [0.2, 0.25) is 0 Å². The van der Waals surface area contributed by atoms with E-state index in [9.17, 15) is 14.7 Å². The summed E-state index contributed by atoms with van der Waals surface area (Å²) < 4.78 is 5.11. The molecule has 0 aromatic heterocycles. The van der Waals surface area contributed by atoms with E-state index in [0.29, 0.717) is 18.7 Å². The molecule has 5 heteroatoms. The van der Waals surface area contributed by atoms with Gasteiger partial charge in [-0.1, -0.05) is 42.5 Å². The highest BCUT2D eigenvalue weighted by Gasteiger charge is 2.40. The lowest BCUT2D eigenvalue weighted by molar-refractivity contribution is -0.141. The van der Waals surface area contributed by atoms with Gasteiger partial charge < -0.3 is 14.7 Å². The summed E-state index contributed by atoms with van der Waals surface area (Å²) in [6.45, 7) is 1.07. The number of rotatable bonds is 5. The quantitative estimate of drug-likeness (QED) is 0.910. The number of benzene rings is 2. The van der Waals surface area contributed by atoms with Crippen LogP contribution < -0.4 is 0 Å². The number of carbonyl (C=O) groups is 2. The number of hydrogen-bond donors (Lipinski definition) is 1. The summed E-state index contributed by atoms with van der Waals surface area (Å²) in [6.07, 6.45) is 0. The Balaban J connectivity index is 1.82. The maximum absolute atomic E-state index is 12.8. The molecule has 3 rings (SSSR count). The molecular formula is C20H21NO4. The number of carboxylic acid groups (broad SMARTS) is 1. The molecular weight excluding hydrogens is 318 g/mol. The normalized spacial score (nSPS) is 19.8. The SMILES string of the molecule is COCc1cccc(C(=O)N2C[C@H](C(=O)O)[C@H](c3ccccc3)C2)c1. The van der Waals surface area contributed by atoms with Gasteiger partial charge in [-0.15, -0.1) is 0 Å². The van der Waals surface area contributed by atoms with Gasteiger partial charge in [-0.3, -0.25) is 9.59 Å². The van der Waals surface area contributed by atoms with E-state index in [4.69, 9.17) is 4.74 Å². The van der Waals surface area contributed by atoms with E-state index >= 15 is 0 Å². The zero-order valence-electron chi connectivity index (χ0n) is 14.1. The van der Waals surface area contributed by atoms with Crippen molar-refractivity contribution in [3.63, 3.8) is 0 Å². The van der Waals surface area contributed by atoms with E-state index in [1.54, 1.807) is 24.1 Å². The van der Waals surface area contributed by atoms with E-state index < -0.39 is 11.9 Å². The lowest BCUT2D eigenvalue weighted by atomic mass is 9.89. The highest BCUT2D eigenvalue weighted by molar-refractivity contribution is 5.95. The molecule has 0 saturated carbocycles. The van der Waals surface area contributed by atoms with Crippen LogP contribution in [-0.4, -0.2) is 42.1 Å². The molecule has 1 N–H and O–H groups in total. The highest BCUT2D eigenvalue weighted by atomic mass is 16.5. The van der Waals surface area contributed by atoms with Crippen molar-refractivity contribution in [1.82, 2.24) is 4.90 Å². The summed E-state index contributed by atoms with van der Waals surface area (Å²) in [6, 6.07) is 16.8. The van der Waals surface area contributed by atoms with E-state index in [2.05, 4.69) is 0 Å². The topological polar surface area (TPSA) is 66.8 Å². The van der Waals surface area contributed by atoms with Gasteiger partial charge in [-0.05, 0) is 23.3 Å². The number of hydrogen-bond acceptors (Lipinski definition) is 3. The van der Waals surface area contributed by atoms with Gasteiger partial charge >= 0.3 is 5.97 Å². The van der Waals surface area contributed by atoms with Crippen LogP contribution >= 0.6 is 0 Å². The second-order valence-electron chi connectivity index (χ2n) is 6.31. The van der Waals surface area contributed by atoms with E-state index in [-0.39, 0.29) is 18.4 Å². The summed E-state index contributed by atoms with van der Waals surface area (Å²) >= 11 is 0. The molecule has 0 radical (unpaired) electrons. The van der Waals surface area contributed by atoms with Gasteiger partial charge in [0.25, 0.3) is 5.91 Å². The molecule has 1 aliphatic rings. The second-order valence-corrected chi connectivity index (χ2v) is 6.31. The van der Waals surface area contributed by atoms with Gasteiger partial charge in [0.15, 0.2) is 0 Å². The molecule has 1 fully saturated rings. The van der Waals surface area contributed by atoms with Gasteiger partial charge in [0.2, 0.25) is 0 Å². The molecule has 130 valence electrons. The monoisotopic (exact) mass is 339 g/mol. The Labute approximate surface area is 146 Å². The average molecular weight is 339 g/mol. The van der Waals surface area contributed by atoms with Crippen molar-refractivity contribution in [2.45, 2.75) is 12.5 Å². The number of carboxylic acids is 1. The maximum Gasteiger partial charge on any atom is 0.308 e. The van der Waals surface area contributed by atoms with Crippen LogP contribution in [0.3, 0.4) is 0 Å². The van der Waals surface area contributed by atoms with Crippen molar-refractivity contribution >= 4 is 11.9 Å². The zero-order chi connectivity index (χ0) is 17.8. The Morgan fingerprint density at radius 2 is 1.88 bits per heavy atom. The first-order chi connectivity index (χ1) is 12.1. The number of methoxy groups -OCH3 is 1. The minimum absolute atomic E-state index is 0.136. The molecule has 2 aromatic carbocycles. The predicted octanol–water partition coefficient (Wildman–Crippen LogP) is 2.77. The van der Waals surface area contributed by atoms with Gasteiger partial charge in [0.1, 0.15) is 0 Å². The fourth-order valence-corrected chi connectivity index (χ4v) is 3.40. The Morgan fingerprint density at radius 3 is 2.56 bits per heavy atom. The molecule has 1 heterocycles. The smallest absolute Gasteiger partial charge is 0.308 e. The van der Waals surface area contributed by atoms with Gasteiger partial charge in [-0.2, -0.15) is 0 Å². The third-order valence-electron chi connectivity index (χ3n) is 4.64. The molecule has 1 aliphatic heterocycles. The fourth-order valence-electron chi connectivity index (χ4n) is 3.40. The first-order valence-electron chi connectivity index (χ1n) is 8.25. The van der Waals surface area contributed by atoms with E-state index in [0.717, 1.165) is 11.1 Å². The van der Waals surface area contributed by atoms with Gasteiger partial charge in [-0.25, -0.2) is 0 Å². The van der Waals surface area contributed by atoms with Crippen molar-refractivity contribution in [1.29, 1.82) is 0 Å². The molecule has 5 nitrogen and oxygen atoms in total. The van der Waals surface area contributed by atoms with Crippen LogP contribution in [0.15, 0.2) is 54.6 Å². The summed E-state index contributed by atoms with van der Waals surface area (Å²) in [5.41, 5.74) is 2.44. The number of likely N-dealkylation sites (tertiary alicyclic amines) is 1. The minimum atomic E-state index is -0.864. The first-order valence-corrected chi connectivity index (χ1v) is 8.25. The largest absolute Gasteiger partial charge is 0.481 e. The summed E-state index contributed by atoms with van der Waals surface area (Å²) in [5, 5.41) is 9.57. The number of aliphatic carboxylic acids is 1. The summed E-state index contributed by atoms with van der Waals surface area (Å²) in [4.78, 5) is 26.2. The zero-order valence-corrected chi connectivity index (χ0v) is 14.1. The van der Waals surface area contributed by atoms with Crippen LogP contribution in [0.1, 0.15) is 27.4 Å². The van der Waals surface area contributed by atoms with Gasteiger partial charge in [0.05, 0.1) is 12.5 Å². The van der Waals surface area contributed by atoms with E-state index in [1.165, 1.54) is 0 Å². The van der Waals surface area contributed by atoms with Crippen LogP contribution in [0.5, 0.6) is 0 Å². The molecule has 1 amide bonds. The minimum Gasteiger partial charge on any atom is -0.481 e. The Hall–Kier alpha value is -2.66. The van der Waals surface area contributed by atoms with Gasteiger partial charge in [0, 0.05) is 31.7 Å². The van der Waals surface area contributed by atoms with Crippen molar-refractivity contribution in [3.8, 4) is 0 Å². The van der Waals surface area contributed by atoms with Crippen LogP contribution in [0.25, 0.3) is 0 Å². The second kappa shape index (κ2) is 7.49. The molecule has 1 saturated heterocycles. The number of amides is 1. The molecule has 0 bridgehead atoms. The van der Waals surface area contributed by atoms with Crippen LogP contribution in [0.4, 0.5) is 0 Å². The molecule has 0 spiro atoms. The number of carbonyl (C=O) groups excluding carboxylic acids is 1. The summed E-state index contributed by atoms with van der Waals surface area (Å²) in [5.74, 6) is -1.78.